The van der Waals surface area contributed by atoms with Gasteiger partial charge in [0, 0.05) is 13.5 Å². The minimum atomic E-state index is -0.330. The molecule has 13 heavy (non-hydrogen) atoms. The highest BCUT2D eigenvalue weighted by molar-refractivity contribution is 4.92. The molecular weight excluding hydrogens is 168 g/mol. The van der Waals surface area contributed by atoms with Crippen LogP contribution in [-0.2, 0) is 9.47 Å². The van der Waals surface area contributed by atoms with Crippen LogP contribution < -0.4 is 0 Å². The summed E-state index contributed by atoms with van der Waals surface area (Å²) in [7, 11) is 1.62. The Bertz CT molecular complexity index is 149. The summed E-state index contributed by atoms with van der Waals surface area (Å²) in [6.45, 7) is 4.21. The van der Waals surface area contributed by atoms with E-state index in [4.69, 9.17) is 9.47 Å². The van der Waals surface area contributed by atoms with E-state index in [1.54, 1.807) is 7.11 Å². The third kappa shape index (κ3) is 2.66. The summed E-state index contributed by atoms with van der Waals surface area (Å²) in [5.74, 6) is 0. The van der Waals surface area contributed by atoms with Gasteiger partial charge in [-0.3, -0.25) is 0 Å². The molecule has 1 rings (SSSR count). The van der Waals surface area contributed by atoms with E-state index in [9.17, 15) is 5.11 Å². The number of aliphatic hydroxyl groups is 1. The molecule has 0 amide bonds. The summed E-state index contributed by atoms with van der Waals surface area (Å²) >= 11 is 0. The van der Waals surface area contributed by atoms with Gasteiger partial charge in [-0.1, -0.05) is 13.3 Å². The Hall–Kier alpha value is -0.120. The molecule has 4 atom stereocenters. The van der Waals surface area contributed by atoms with Crippen molar-refractivity contribution < 1.29 is 14.6 Å². The van der Waals surface area contributed by atoms with Gasteiger partial charge in [-0.05, 0) is 13.3 Å². The summed E-state index contributed by atoms with van der Waals surface area (Å²) in [5, 5.41) is 9.32. The normalized spacial score (nSPS) is 35.5. The van der Waals surface area contributed by atoms with E-state index in [0.29, 0.717) is 6.42 Å². The largest absolute Gasteiger partial charge is 0.390 e. The van der Waals surface area contributed by atoms with E-state index in [0.717, 1.165) is 12.8 Å². The van der Waals surface area contributed by atoms with Crippen LogP contribution in [0.1, 0.15) is 33.1 Å². The molecule has 1 saturated carbocycles. The molecule has 0 aromatic heterocycles. The van der Waals surface area contributed by atoms with E-state index >= 15 is 0 Å². The molecule has 0 aromatic carbocycles. The van der Waals surface area contributed by atoms with Crippen molar-refractivity contribution >= 4 is 0 Å². The number of aliphatic hydroxyl groups excluding tert-OH is 1. The molecule has 1 N–H and O–H groups in total. The second kappa shape index (κ2) is 4.94. The lowest BCUT2D eigenvalue weighted by Gasteiger charge is -2.41. The second-order valence-corrected chi connectivity index (χ2v) is 3.78. The number of hydrogen-bond acceptors (Lipinski definition) is 3. The third-order valence-electron chi connectivity index (χ3n) is 2.59. The lowest BCUT2D eigenvalue weighted by Crippen LogP contribution is -2.54. The van der Waals surface area contributed by atoms with Crippen LogP contribution in [0, 0.1) is 0 Å². The fourth-order valence-electron chi connectivity index (χ4n) is 1.77. The first-order valence-electron chi connectivity index (χ1n) is 5.05. The SMILES string of the molecule is CCCC(C)OC1CC(O)C1OC. The Morgan fingerprint density at radius 1 is 1.54 bits per heavy atom. The maximum absolute atomic E-state index is 9.32. The van der Waals surface area contributed by atoms with Gasteiger partial charge in [0.1, 0.15) is 6.10 Å². The predicted molar refractivity (Wildman–Crippen MR) is 50.7 cm³/mol. The molecule has 0 radical (unpaired) electrons. The van der Waals surface area contributed by atoms with Crippen LogP contribution in [0.3, 0.4) is 0 Å². The Balaban J connectivity index is 2.22. The third-order valence-corrected chi connectivity index (χ3v) is 2.59. The van der Waals surface area contributed by atoms with Crippen molar-refractivity contribution in [2.24, 2.45) is 0 Å². The molecule has 1 aliphatic rings. The van der Waals surface area contributed by atoms with Crippen molar-refractivity contribution in [2.75, 3.05) is 7.11 Å². The van der Waals surface area contributed by atoms with Crippen LogP contribution in [0.2, 0.25) is 0 Å². The minimum Gasteiger partial charge on any atom is -0.390 e. The first kappa shape index (κ1) is 11.0. The smallest absolute Gasteiger partial charge is 0.109 e. The molecule has 0 aromatic rings. The second-order valence-electron chi connectivity index (χ2n) is 3.78. The van der Waals surface area contributed by atoms with Crippen molar-refractivity contribution in [2.45, 2.75) is 57.5 Å². The summed E-state index contributed by atoms with van der Waals surface area (Å²) in [6, 6.07) is 0. The zero-order chi connectivity index (χ0) is 9.84. The maximum Gasteiger partial charge on any atom is 0.109 e. The summed E-state index contributed by atoms with van der Waals surface area (Å²) in [6.07, 6.45) is 2.86. The topological polar surface area (TPSA) is 38.7 Å². The van der Waals surface area contributed by atoms with Gasteiger partial charge >= 0.3 is 0 Å². The van der Waals surface area contributed by atoms with Gasteiger partial charge in [-0.2, -0.15) is 0 Å². The van der Waals surface area contributed by atoms with Crippen molar-refractivity contribution in [3.05, 3.63) is 0 Å². The summed E-state index contributed by atoms with van der Waals surface area (Å²) in [4.78, 5) is 0. The van der Waals surface area contributed by atoms with Gasteiger partial charge in [-0.25, -0.2) is 0 Å². The van der Waals surface area contributed by atoms with Crippen molar-refractivity contribution in [1.82, 2.24) is 0 Å². The first-order chi connectivity index (χ1) is 6.19. The number of rotatable bonds is 5. The zero-order valence-electron chi connectivity index (χ0n) is 8.69. The molecule has 0 heterocycles. The van der Waals surface area contributed by atoms with E-state index in [1.165, 1.54) is 0 Å². The van der Waals surface area contributed by atoms with Crippen LogP contribution in [0.25, 0.3) is 0 Å². The molecule has 3 nitrogen and oxygen atoms in total. The van der Waals surface area contributed by atoms with E-state index in [2.05, 4.69) is 13.8 Å². The molecule has 0 bridgehead atoms. The fourth-order valence-corrected chi connectivity index (χ4v) is 1.77. The molecule has 1 fully saturated rings. The fraction of sp³-hybridized carbons (Fsp3) is 1.00. The first-order valence-corrected chi connectivity index (χ1v) is 5.05. The van der Waals surface area contributed by atoms with Crippen LogP contribution in [0.5, 0.6) is 0 Å². The average Bonchev–Trinajstić information content (AvgIpc) is 2.04. The van der Waals surface area contributed by atoms with Crippen LogP contribution in [-0.4, -0.2) is 36.6 Å². The highest BCUT2D eigenvalue weighted by atomic mass is 16.6. The summed E-state index contributed by atoms with van der Waals surface area (Å²) in [5.41, 5.74) is 0. The molecule has 78 valence electrons. The highest BCUT2D eigenvalue weighted by Crippen LogP contribution is 2.28. The Kier molecular flexibility index (Phi) is 4.16. The molecular formula is C10H20O3. The van der Waals surface area contributed by atoms with Gasteiger partial charge < -0.3 is 14.6 Å². The minimum absolute atomic E-state index is 0.0987. The van der Waals surface area contributed by atoms with Crippen molar-refractivity contribution in [1.29, 1.82) is 0 Å². The van der Waals surface area contributed by atoms with Crippen molar-refractivity contribution in [3.8, 4) is 0 Å². The van der Waals surface area contributed by atoms with Crippen LogP contribution in [0.4, 0.5) is 0 Å². The predicted octanol–water partition coefficient (Wildman–Crippen LogP) is 1.34. The Labute approximate surface area is 80.0 Å². The molecule has 1 aliphatic carbocycles. The maximum atomic E-state index is 9.32. The quantitative estimate of drug-likeness (QED) is 0.707. The average molecular weight is 188 g/mol. The highest BCUT2D eigenvalue weighted by Gasteiger charge is 2.41. The van der Waals surface area contributed by atoms with Gasteiger partial charge in [0.2, 0.25) is 0 Å². The molecule has 0 aliphatic heterocycles. The summed E-state index contributed by atoms with van der Waals surface area (Å²) < 4.78 is 10.8. The lowest BCUT2D eigenvalue weighted by molar-refractivity contribution is -0.196. The Morgan fingerprint density at radius 2 is 2.23 bits per heavy atom. The van der Waals surface area contributed by atoms with Gasteiger partial charge in [0.25, 0.3) is 0 Å². The van der Waals surface area contributed by atoms with Crippen molar-refractivity contribution in [3.63, 3.8) is 0 Å². The Morgan fingerprint density at radius 3 is 2.69 bits per heavy atom. The van der Waals surface area contributed by atoms with Crippen LogP contribution >= 0.6 is 0 Å². The molecule has 3 heteroatoms. The van der Waals surface area contributed by atoms with E-state index < -0.39 is 0 Å². The monoisotopic (exact) mass is 188 g/mol. The number of ether oxygens (including phenoxy) is 2. The van der Waals surface area contributed by atoms with Gasteiger partial charge in [-0.15, -0.1) is 0 Å². The number of hydrogen-bond donors (Lipinski definition) is 1. The molecule has 4 unspecified atom stereocenters. The molecule has 0 saturated heterocycles. The van der Waals surface area contributed by atoms with Gasteiger partial charge in [0.05, 0.1) is 18.3 Å². The van der Waals surface area contributed by atoms with Crippen LogP contribution in [0.15, 0.2) is 0 Å². The number of methoxy groups -OCH3 is 1. The zero-order valence-corrected chi connectivity index (χ0v) is 8.69. The molecule has 0 spiro atoms. The van der Waals surface area contributed by atoms with E-state index in [-0.39, 0.29) is 24.4 Å². The standard InChI is InChI=1S/C10H20O3/c1-4-5-7(2)13-9-6-8(11)10(9)12-3/h7-11H,4-6H2,1-3H3. The lowest BCUT2D eigenvalue weighted by atomic mass is 9.88. The van der Waals surface area contributed by atoms with Gasteiger partial charge in [0.15, 0.2) is 0 Å². The van der Waals surface area contributed by atoms with E-state index in [1.807, 2.05) is 0 Å².